The molecule has 1 saturated heterocycles. The molecule has 4 saturated carbocycles. The number of thiazole rings is 1. The second-order valence-electron chi connectivity index (χ2n) is 18.2. The van der Waals surface area contributed by atoms with E-state index in [0.717, 1.165) is 45.8 Å². The Morgan fingerprint density at radius 1 is 0.921 bits per heavy atom. The van der Waals surface area contributed by atoms with Crippen molar-refractivity contribution in [1.82, 2.24) is 34.7 Å². The Balaban J connectivity index is 0.942. The molecule has 15 nitrogen and oxygen atoms in total. The number of aromatic nitrogens is 6. The van der Waals surface area contributed by atoms with Crippen LogP contribution in [0.3, 0.4) is 0 Å². The smallest absolute Gasteiger partial charge is 0.310 e. The van der Waals surface area contributed by atoms with Gasteiger partial charge in [-0.1, -0.05) is 30.4 Å². The van der Waals surface area contributed by atoms with Gasteiger partial charge in [0.05, 0.1) is 27.2 Å². The van der Waals surface area contributed by atoms with Crippen molar-refractivity contribution in [2.45, 2.75) is 83.2 Å². The lowest BCUT2D eigenvalue weighted by Crippen LogP contribution is -2.59. The van der Waals surface area contributed by atoms with E-state index in [1.165, 1.54) is 62.0 Å². The third-order valence-electron chi connectivity index (χ3n) is 14.0. The molecular formula is C46H50N10O5S2. The molecule has 326 valence electrons. The number of hydrogen-bond donors (Lipinski definition) is 3. The number of anilines is 5. The molecule has 3 N–H and O–H groups in total. The molecule has 4 bridgehead atoms. The van der Waals surface area contributed by atoms with Crippen LogP contribution in [0.15, 0.2) is 77.8 Å². The number of carboxylic acids is 1. The summed E-state index contributed by atoms with van der Waals surface area (Å²) in [6.07, 6.45) is 10.1. The number of benzene rings is 2. The SMILES string of the molecule is CCC1C(C(=O)O)CN1c1ccc(S(=O)(=O)NC(=O)c2nc(N(C)c3cc(C)c(Nc4nc5ccccc5s4)nn3)ccc2-c2cnn(CC34CC5CC(CC(C5)C3)C4)c2C)cc1. The van der Waals surface area contributed by atoms with E-state index in [-0.39, 0.29) is 22.0 Å². The molecule has 17 heteroatoms. The number of carbonyl (C=O) groups excluding carboxylic acids is 1. The van der Waals surface area contributed by atoms with E-state index in [1.54, 1.807) is 42.4 Å². The number of rotatable bonds is 13. The van der Waals surface area contributed by atoms with Crippen molar-refractivity contribution in [3.8, 4) is 11.1 Å². The van der Waals surface area contributed by atoms with E-state index >= 15 is 0 Å². The minimum absolute atomic E-state index is 0.0816. The molecule has 1 amide bonds. The Kier molecular flexibility index (Phi) is 10.2. The van der Waals surface area contributed by atoms with Gasteiger partial charge in [0.1, 0.15) is 11.5 Å². The van der Waals surface area contributed by atoms with Gasteiger partial charge < -0.3 is 20.2 Å². The number of pyridine rings is 1. The van der Waals surface area contributed by atoms with E-state index in [1.807, 2.05) is 56.0 Å². The highest BCUT2D eigenvalue weighted by Gasteiger charge is 2.51. The predicted octanol–water partition coefficient (Wildman–Crippen LogP) is 8.11. The fourth-order valence-corrected chi connectivity index (χ4v) is 13.1. The van der Waals surface area contributed by atoms with Crippen molar-refractivity contribution < 1.29 is 23.1 Å². The van der Waals surface area contributed by atoms with Crippen LogP contribution < -0.4 is 19.8 Å². The van der Waals surface area contributed by atoms with Crippen molar-refractivity contribution in [2.24, 2.45) is 29.1 Å². The summed E-state index contributed by atoms with van der Waals surface area (Å²) in [6, 6.07) is 19.3. The minimum atomic E-state index is -4.37. The van der Waals surface area contributed by atoms with Gasteiger partial charge >= 0.3 is 5.97 Å². The molecule has 2 atom stereocenters. The molecule has 5 aliphatic rings. The molecule has 5 heterocycles. The number of nitrogens with zero attached hydrogens (tertiary/aromatic N) is 8. The molecule has 4 aliphatic carbocycles. The molecule has 4 aromatic heterocycles. The molecule has 2 unspecified atom stereocenters. The first-order valence-electron chi connectivity index (χ1n) is 21.7. The zero-order valence-electron chi connectivity index (χ0n) is 35.7. The number of hydrogen-bond acceptors (Lipinski definition) is 13. The number of sulfonamides is 1. The van der Waals surface area contributed by atoms with Crippen LogP contribution in [0.4, 0.5) is 28.3 Å². The fourth-order valence-electron chi connectivity index (χ4n) is 11.2. The molecule has 2 aromatic carbocycles. The Labute approximate surface area is 370 Å². The van der Waals surface area contributed by atoms with Crippen molar-refractivity contribution in [3.05, 3.63) is 89.9 Å². The maximum atomic E-state index is 14.4. The zero-order chi connectivity index (χ0) is 43.8. The summed E-state index contributed by atoms with van der Waals surface area (Å²) in [4.78, 5) is 39.1. The van der Waals surface area contributed by atoms with Crippen LogP contribution in [-0.4, -0.2) is 75.0 Å². The summed E-state index contributed by atoms with van der Waals surface area (Å²) in [5.74, 6) is 1.52. The first-order chi connectivity index (χ1) is 30.3. The third kappa shape index (κ3) is 7.58. The predicted molar refractivity (Wildman–Crippen MR) is 242 cm³/mol. The average molecular weight is 887 g/mol. The molecule has 0 radical (unpaired) electrons. The first kappa shape index (κ1) is 41.1. The summed E-state index contributed by atoms with van der Waals surface area (Å²) < 4.78 is 33.2. The number of aliphatic carboxylic acids is 1. The normalized spacial score (nSPS) is 23.7. The van der Waals surface area contributed by atoms with Crippen molar-refractivity contribution in [1.29, 1.82) is 0 Å². The van der Waals surface area contributed by atoms with Crippen LogP contribution >= 0.6 is 11.3 Å². The van der Waals surface area contributed by atoms with E-state index in [2.05, 4.69) is 29.9 Å². The Morgan fingerprint density at radius 3 is 2.30 bits per heavy atom. The summed E-state index contributed by atoms with van der Waals surface area (Å²) >= 11 is 1.52. The van der Waals surface area contributed by atoms with Gasteiger partial charge in [-0.3, -0.25) is 14.3 Å². The number of carbonyl (C=O) groups is 2. The number of amides is 1. The van der Waals surface area contributed by atoms with Gasteiger partial charge in [-0.2, -0.15) is 5.10 Å². The summed E-state index contributed by atoms with van der Waals surface area (Å²) in [5.41, 5.74) is 4.60. The molecule has 11 rings (SSSR count). The molecule has 5 fully saturated rings. The van der Waals surface area contributed by atoms with E-state index in [9.17, 15) is 23.1 Å². The third-order valence-corrected chi connectivity index (χ3v) is 16.3. The Bertz CT molecular complexity index is 2810. The number of fused-ring (bicyclic) bond motifs is 1. The fraction of sp³-hybridized carbons (Fsp3) is 0.413. The molecule has 6 aromatic rings. The summed E-state index contributed by atoms with van der Waals surface area (Å²) in [6.45, 7) is 7.00. The second kappa shape index (κ2) is 15.7. The highest BCUT2D eigenvalue weighted by atomic mass is 32.2. The van der Waals surface area contributed by atoms with E-state index < -0.39 is 27.8 Å². The Morgan fingerprint density at radius 2 is 1.63 bits per heavy atom. The van der Waals surface area contributed by atoms with Gasteiger partial charge in [-0.15, -0.1) is 10.2 Å². The maximum absolute atomic E-state index is 14.4. The number of nitrogens with one attached hydrogen (secondary N) is 2. The standard InChI is InChI=1S/C46H50N10O5S2/c1-5-37-35(44(58)59)24-55(37)31-10-12-32(13-11-31)63(60,61)53-43(57)41-33(34-23-47-56(27(34)3)25-46-20-28-17-29(21-46)19-30(18-28)22-46)14-15-39(49-41)54(4)40-16-26(2)42(52-51-40)50-45-48-36-8-6-7-9-38(36)62-45/h6-16,23,28-30,35,37H,5,17-22,24-25H2,1-4H3,(H,53,57)(H,58,59)(H,48,50,52). The zero-order valence-corrected chi connectivity index (χ0v) is 37.3. The number of aryl methyl sites for hydroxylation is 1. The van der Waals surface area contributed by atoms with E-state index in [0.29, 0.717) is 52.4 Å². The van der Waals surface area contributed by atoms with Crippen LogP contribution in [0.25, 0.3) is 21.3 Å². The molecular weight excluding hydrogens is 837 g/mol. The largest absolute Gasteiger partial charge is 0.481 e. The highest BCUT2D eigenvalue weighted by molar-refractivity contribution is 7.90. The van der Waals surface area contributed by atoms with E-state index in [4.69, 9.17) is 10.1 Å². The topological polar surface area (TPSA) is 188 Å². The molecule has 0 spiro atoms. The van der Waals surface area contributed by atoms with Crippen LogP contribution in [0.2, 0.25) is 0 Å². The van der Waals surface area contributed by atoms with Crippen molar-refractivity contribution >= 4 is 71.7 Å². The summed E-state index contributed by atoms with van der Waals surface area (Å²) in [5, 5.41) is 27.4. The van der Waals surface area contributed by atoms with Crippen LogP contribution in [0, 0.1) is 42.9 Å². The van der Waals surface area contributed by atoms with Gasteiger partial charge in [0.25, 0.3) is 15.9 Å². The summed E-state index contributed by atoms with van der Waals surface area (Å²) in [7, 11) is -2.60. The minimum Gasteiger partial charge on any atom is -0.481 e. The lowest BCUT2D eigenvalue weighted by molar-refractivity contribution is -0.144. The lowest BCUT2D eigenvalue weighted by Gasteiger charge is -2.56. The first-order valence-corrected chi connectivity index (χ1v) is 24.0. The highest BCUT2D eigenvalue weighted by Crippen LogP contribution is 2.60. The lowest BCUT2D eigenvalue weighted by atomic mass is 9.49. The number of para-hydroxylation sites is 1. The van der Waals surface area contributed by atoms with Crippen LogP contribution in [-0.2, 0) is 21.4 Å². The van der Waals surface area contributed by atoms with Gasteiger partial charge in [0, 0.05) is 48.7 Å². The van der Waals surface area contributed by atoms with Crippen molar-refractivity contribution in [2.75, 3.05) is 28.7 Å². The van der Waals surface area contributed by atoms with Gasteiger partial charge in [-0.25, -0.2) is 23.1 Å². The maximum Gasteiger partial charge on any atom is 0.310 e. The molecule has 1 aliphatic heterocycles. The van der Waals surface area contributed by atoms with Crippen LogP contribution in [0.5, 0.6) is 0 Å². The van der Waals surface area contributed by atoms with Crippen molar-refractivity contribution in [3.63, 3.8) is 0 Å². The number of carboxylic acid groups (broad SMARTS) is 1. The Hall–Kier alpha value is -5.94. The quantitative estimate of drug-likeness (QED) is 0.101. The van der Waals surface area contributed by atoms with Gasteiger partial charge in [0.15, 0.2) is 16.8 Å². The van der Waals surface area contributed by atoms with Crippen LogP contribution in [0.1, 0.15) is 73.6 Å². The monoisotopic (exact) mass is 886 g/mol. The van der Waals surface area contributed by atoms with Gasteiger partial charge in [-0.05, 0) is 142 Å². The van der Waals surface area contributed by atoms with Gasteiger partial charge in [0.2, 0.25) is 0 Å². The second-order valence-corrected chi connectivity index (χ2v) is 20.9. The molecule has 63 heavy (non-hydrogen) atoms. The average Bonchev–Trinajstić information content (AvgIpc) is 3.82.